The molecule has 0 bridgehead atoms. The van der Waals surface area contributed by atoms with Crippen LogP contribution in [-0.4, -0.2) is 48.3 Å². The molecule has 1 saturated heterocycles. The summed E-state index contributed by atoms with van der Waals surface area (Å²) in [6.07, 6.45) is 2.03. The zero-order chi connectivity index (χ0) is 24.7. The van der Waals surface area contributed by atoms with Gasteiger partial charge in [-0.2, -0.15) is 0 Å². The van der Waals surface area contributed by atoms with E-state index in [4.69, 9.17) is 9.47 Å². The molecule has 1 fully saturated rings. The van der Waals surface area contributed by atoms with Crippen molar-refractivity contribution in [2.75, 3.05) is 12.4 Å². The summed E-state index contributed by atoms with van der Waals surface area (Å²) in [7, 11) is -3.17. The summed E-state index contributed by atoms with van der Waals surface area (Å²) >= 11 is 3.48. The number of hydrogen-bond acceptors (Lipinski definition) is 6. The summed E-state index contributed by atoms with van der Waals surface area (Å²) in [5, 5.41) is 0.262. The molecule has 9 heteroatoms. The minimum Gasteiger partial charge on any atom is -0.462 e. The van der Waals surface area contributed by atoms with E-state index >= 15 is 0 Å². The number of carbonyl (C=O) groups excluding carboxylic acids is 2. The van der Waals surface area contributed by atoms with E-state index in [0.29, 0.717) is 28.2 Å². The van der Waals surface area contributed by atoms with Crippen molar-refractivity contribution in [3.8, 4) is 0 Å². The van der Waals surface area contributed by atoms with Crippen LogP contribution in [0.1, 0.15) is 76.2 Å². The van der Waals surface area contributed by atoms with Gasteiger partial charge < -0.3 is 9.47 Å². The fourth-order valence-corrected chi connectivity index (χ4v) is 7.20. The molecule has 1 aliphatic rings. The van der Waals surface area contributed by atoms with Crippen molar-refractivity contribution >= 4 is 48.7 Å². The lowest BCUT2D eigenvalue weighted by atomic mass is 9.88. The Morgan fingerprint density at radius 3 is 2.48 bits per heavy atom. The monoisotopic (exact) mass is 541 g/mol. The summed E-state index contributed by atoms with van der Waals surface area (Å²) in [4.78, 5) is 25.9. The molecular weight excluding hydrogens is 510 g/mol. The van der Waals surface area contributed by atoms with Crippen LogP contribution in [0.5, 0.6) is 0 Å². The van der Waals surface area contributed by atoms with Crippen LogP contribution >= 0.6 is 15.9 Å². The lowest BCUT2D eigenvalue weighted by Crippen LogP contribution is -2.35. The van der Waals surface area contributed by atoms with Gasteiger partial charge >= 0.3 is 12.1 Å². The maximum Gasteiger partial charge on any atom is 0.419 e. The third-order valence-electron chi connectivity index (χ3n) is 5.89. The van der Waals surface area contributed by atoms with E-state index in [0.717, 1.165) is 5.56 Å². The first-order valence-corrected chi connectivity index (χ1v) is 13.7. The summed E-state index contributed by atoms with van der Waals surface area (Å²) in [6, 6.07) is 3.50. The minimum absolute atomic E-state index is 0.0150. The van der Waals surface area contributed by atoms with Crippen molar-refractivity contribution in [1.82, 2.24) is 4.57 Å². The number of rotatable bonds is 4. The summed E-state index contributed by atoms with van der Waals surface area (Å²) in [5.41, 5.74) is 0.774. The van der Waals surface area contributed by atoms with Crippen LogP contribution in [0.15, 0.2) is 22.8 Å². The first-order valence-electron chi connectivity index (χ1n) is 11.2. The molecule has 3 rings (SSSR count). The highest BCUT2D eigenvalue weighted by molar-refractivity contribution is 9.10. The smallest absolute Gasteiger partial charge is 0.419 e. The zero-order valence-corrected chi connectivity index (χ0v) is 22.4. The largest absolute Gasteiger partial charge is 0.462 e. The average molecular weight is 542 g/mol. The molecule has 182 valence electrons. The SMILES string of the molecule is CCOC(=O)c1cc(Br)cc2c(C3CCS(=O)(=O)C(C(C)C)C3)cn(C(=O)OC(C)(C)C)c12. The van der Waals surface area contributed by atoms with Crippen LogP contribution in [0, 0.1) is 5.92 Å². The van der Waals surface area contributed by atoms with E-state index in [2.05, 4.69) is 15.9 Å². The number of ether oxygens (including phenoxy) is 2. The Hall–Kier alpha value is -1.87. The Kier molecular flexibility index (Phi) is 7.34. The predicted octanol–water partition coefficient (Wildman–Crippen LogP) is 5.68. The van der Waals surface area contributed by atoms with Gasteiger partial charge in [0.2, 0.25) is 0 Å². The van der Waals surface area contributed by atoms with Crippen LogP contribution < -0.4 is 0 Å². The van der Waals surface area contributed by atoms with Crippen molar-refractivity contribution in [2.24, 2.45) is 5.92 Å². The van der Waals surface area contributed by atoms with Gasteiger partial charge in [-0.3, -0.25) is 4.57 Å². The second-order valence-electron chi connectivity index (χ2n) is 9.88. The zero-order valence-electron chi connectivity index (χ0n) is 20.0. The number of benzene rings is 1. The Labute approximate surface area is 203 Å². The second-order valence-corrected chi connectivity index (χ2v) is 13.1. The lowest BCUT2D eigenvalue weighted by molar-refractivity contribution is 0.0527. The predicted molar refractivity (Wildman–Crippen MR) is 132 cm³/mol. The van der Waals surface area contributed by atoms with E-state index in [1.807, 2.05) is 19.9 Å². The topological polar surface area (TPSA) is 91.7 Å². The Bertz CT molecular complexity index is 1180. The van der Waals surface area contributed by atoms with Crippen LogP contribution in [0.4, 0.5) is 4.79 Å². The maximum atomic E-state index is 13.1. The third kappa shape index (κ3) is 5.45. The fraction of sp³-hybridized carbons (Fsp3) is 0.583. The van der Waals surface area contributed by atoms with Crippen molar-refractivity contribution in [1.29, 1.82) is 0 Å². The van der Waals surface area contributed by atoms with Crippen LogP contribution in [-0.2, 0) is 19.3 Å². The van der Waals surface area contributed by atoms with Gasteiger partial charge in [-0.1, -0.05) is 29.8 Å². The van der Waals surface area contributed by atoms with Crippen LogP contribution in [0.25, 0.3) is 10.9 Å². The van der Waals surface area contributed by atoms with Crippen LogP contribution in [0.2, 0.25) is 0 Å². The Balaban J connectivity index is 2.22. The van der Waals surface area contributed by atoms with E-state index in [9.17, 15) is 18.0 Å². The summed E-state index contributed by atoms with van der Waals surface area (Å²) in [6.45, 7) is 11.1. The van der Waals surface area contributed by atoms with Gasteiger partial charge in [0.1, 0.15) is 5.60 Å². The Morgan fingerprint density at radius 1 is 1.24 bits per heavy atom. The highest BCUT2D eigenvalue weighted by Gasteiger charge is 2.38. The molecule has 2 heterocycles. The summed E-state index contributed by atoms with van der Waals surface area (Å²) in [5.74, 6) is -0.530. The number of carbonyl (C=O) groups is 2. The number of hydrogen-bond donors (Lipinski definition) is 0. The fourth-order valence-electron chi connectivity index (χ4n) is 4.47. The number of aromatic nitrogens is 1. The van der Waals surface area contributed by atoms with E-state index < -0.39 is 32.8 Å². The number of nitrogens with zero attached hydrogens (tertiary/aromatic N) is 1. The molecule has 1 aliphatic heterocycles. The van der Waals surface area contributed by atoms with Crippen LogP contribution in [0.3, 0.4) is 0 Å². The third-order valence-corrected chi connectivity index (χ3v) is 8.81. The van der Waals surface area contributed by atoms with Gasteiger partial charge in [-0.15, -0.1) is 0 Å². The van der Waals surface area contributed by atoms with Gasteiger partial charge in [0.15, 0.2) is 9.84 Å². The molecule has 0 spiro atoms. The number of sulfone groups is 1. The molecule has 0 saturated carbocycles. The number of esters is 1. The van der Waals surface area contributed by atoms with Gasteiger partial charge in [-0.05, 0) is 70.1 Å². The molecular formula is C24H32BrNO6S. The van der Waals surface area contributed by atoms with Gasteiger partial charge in [0.05, 0.1) is 28.7 Å². The molecule has 2 atom stereocenters. The van der Waals surface area contributed by atoms with Gasteiger partial charge in [-0.25, -0.2) is 18.0 Å². The number of halogens is 1. The maximum absolute atomic E-state index is 13.1. The molecule has 2 aromatic rings. The van der Waals surface area contributed by atoms with E-state index in [-0.39, 0.29) is 29.8 Å². The van der Waals surface area contributed by atoms with Crippen molar-refractivity contribution < 1.29 is 27.5 Å². The molecule has 0 amide bonds. The van der Waals surface area contributed by atoms with Crippen molar-refractivity contribution in [2.45, 2.75) is 71.2 Å². The molecule has 0 radical (unpaired) electrons. The van der Waals surface area contributed by atoms with E-state index in [1.165, 1.54) is 4.57 Å². The van der Waals surface area contributed by atoms with Crippen molar-refractivity contribution in [3.63, 3.8) is 0 Å². The summed E-state index contributed by atoms with van der Waals surface area (Å²) < 4.78 is 38.2. The first-order chi connectivity index (χ1) is 15.2. The molecule has 0 aliphatic carbocycles. The normalized spacial score (nSPS) is 20.7. The van der Waals surface area contributed by atoms with Gasteiger partial charge in [0, 0.05) is 16.1 Å². The molecule has 1 aromatic carbocycles. The standard InChI is InChI=1S/C24H32BrNO6S/c1-7-31-22(27)18-12-16(25)11-17-19(13-26(21(17)18)23(28)32-24(4,5)6)15-8-9-33(29,30)20(10-15)14(2)3/h11-15,20H,7-10H2,1-6H3. The number of fused-ring (bicyclic) bond motifs is 1. The Morgan fingerprint density at radius 2 is 1.91 bits per heavy atom. The molecule has 33 heavy (non-hydrogen) atoms. The highest BCUT2D eigenvalue weighted by atomic mass is 79.9. The quantitative estimate of drug-likeness (QED) is 0.462. The molecule has 0 N–H and O–H groups in total. The second kappa shape index (κ2) is 9.41. The minimum atomic E-state index is -3.17. The average Bonchev–Trinajstić information content (AvgIpc) is 3.05. The van der Waals surface area contributed by atoms with E-state index in [1.54, 1.807) is 40.0 Å². The highest BCUT2D eigenvalue weighted by Crippen LogP contribution is 2.41. The lowest BCUT2D eigenvalue weighted by Gasteiger charge is -2.31. The first kappa shape index (κ1) is 25.7. The molecule has 7 nitrogen and oxygen atoms in total. The molecule has 2 unspecified atom stereocenters. The van der Waals surface area contributed by atoms with Gasteiger partial charge in [0.25, 0.3) is 0 Å². The van der Waals surface area contributed by atoms with Crippen molar-refractivity contribution in [3.05, 3.63) is 33.9 Å². The molecule has 1 aromatic heterocycles.